The number of nitrogens with zero attached hydrogens (tertiary/aromatic N) is 2. The number of carbonyl (C=O) groups excluding carboxylic acids is 2. The van der Waals surface area contributed by atoms with E-state index in [1.807, 2.05) is 22.8 Å². The number of piperazine rings is 1. The van der Waals surface area contributed by atoms with Crippen molar-refractivity contribution in [3.05, 3.63) is 35.6 Å². The SMILES string of the molecule is CCC(=O)N1CC[NH+](CCN2C(=O)CS[C@@H]2c2cccc(F)c2)CC1. The van der Waals surface area contributed by atoms with Gasteiger partial charge in [0.1, 0.15) is 11.2 Å². The van der Waals surface area contributed by atoms with Gasteiger partial charge >= 0.3 is 0 Å². The molecule has 3 rings (SSSR count). The summed E-state index contributed by atoms with van der Waals surface area (Å²) in [6.45, 7) is 6.86. The van der Waals surface area contributed by atoms with Crippen molar-refractivity contribution in [2.45, 2.75) is 18.7 Å². The normalized spacial score (nSPS) is 21.8. The second-order valence-corrected chi connectivity index (χ2v) is 7.61. The first kappa shape index (κ1) is 18.2. The molecule has 1 aromatic carbocycles. The molecule has 1 aromatic rings. The average Bonchev–Trinajstić information content (AvgIpc) is 3.00. The third-order valence-electron chi connectivity index (χ3n) is 4.93. The molecule has 0 aromatic heterocycles. The highest BCUT2D eigenvalue weighted by molar-refractivity contribution is 8.00. The van der Waals surface area contributed by atoms with Gasteiger partial charge in [-0.05, 0) is 17.7 Å². The molecule has 7 heteroatoms. The smallest absolute Gasteiger partial charge is 0.234 e. The van der Waals surface area contributed by atoms with E-state index in [0.717, 1.165) is 38.3 Å². The van der Waals surface area contributed by atoms with Crippen LogP contribution in [0.4, 0.5) is 4.39 Å². The van der Waals surface area contributed by atoms with Gasteiger partial charge in [-0.2, -0.15) is 0 Å². The number of nitrogens with one attached hydrogen (secondary N) is 1. The highest BCUT2D eigenvalue weighted by Gasteiger charge is 2.34. The number of carbonyl (C=O) groups is 2. The number of halogens is 1. The van der Waals surface area contributed by atoms with Crippen molar-refractivity contribution in [1.82, 2.24) is 9.80 Å². The Kier molecular flexibility index (Phi) is 5.96. The highest BCUT2D eigenvalue weighted by Crippen LogP contribution is 2.38. The topological polar surface area (TPSA) is 45.1 Å². The van der Waals surface area contributed by atoms with E-state index in [0.29, 0.717) is 18.7 Å². The molecule has 0 spiro atoms. The Morgan fingerprint density at radius 1 is 1.36 bits per heavy atom. The van der Waals surface area contributed by atoms with Crippen LogP contribution in [0.15, 0.2) is 24.3 Å². The van der Waals surface area contributed by atoms with Crippen LogP contribution in [0, 0.1) is 5.82 Å². The maximum Gasteiger partial charge on any atom is 0.234 e. The summed E-state index contributed by atoms with van der Waals surface area (Å²) in [4.78, 5) is 29.2. The number of quaternary nitrogens is 1. The van der Waals surface area contributed by atoms with Gasteiger partial charge in [-0.15, -0.1) is 11.8 Å². The Morgan fingerprint density at radius 3 is 2.80 bits per heavy atom. The molecule has 1 atom stereocenters. The Hall–Kier alpha value is -1.60. The second kappa shape index (κ2) is 8.19. The van der Waals surface area contributed by atoms with Gasteiger partial charge in [0.25, 0.3) is 0 Å². The number of benzene rings is 1. The summed E-state index contributed by atoms with van der Waals surface area (Å²) < 4.78 is 13.5. The Bertz CT molecular complexity index is 635. The fourth-order valence-corrected chi connectivity index (χ4v) is 4.66. The van der Waals surface area contributed by atoms with Gasteiger partial charge in [-0.1, -0.05) is 19.1 Å². The Balaban J connectivity index is 1.55. The molecular weight excluding hydrogens is 341 g/mol. The van der Waals surface area contributed by atoms with Crippen LogP contribution in [0.3, 0.4) is 0 Å². The van der Waals surface area contributed by atoms with Crippen molar-refractivity contribution < 1.29 is 18.9 Å². The summed E-state index contributed by atoms with van der Waals surface area (Å²) in [6, 6.07) is 6.53. The lowest BCUT2D eigenvalue weighted by atomic mass is 10.2. The molecule has 2 amide bonds. The van der Waals surface area contributed by atoms with Gasteiger partial charge < -0.3 is 14.7 Å². The largest absolute Gasteiger partial charge is 0.331 e. The fourth-order valence-electron chi connectivity index (χ4n) is 3.46. The molecule has 25 heavy (non-hydrogen) atoms. The summed E-state index contributed by atoms with van der Waals surface area (Å²) in [6.07, 6.45) is 0.560. The van der Waals surface area contributed by atoms with Crippen molar-refractivity contribution >= 4 is 23.6 Å². The van der Waals surface area contributed by atoms with Gasteiger partial charge in [-0.3, -0.25) is 9.59 Å². The van der Waals surface area contributed by atoms with Gasteiger partial charge in [0.2, 0.25) is 11.8 Å². The van der Waals surface area contributed by atoms with Gasteiger partial charge in [0.15, 0.2) is 0 Å². The van der Waals surface area contributed by atoms with E-state index in [2.05, 4.69) is 0 Å². The van der Waals surface area contributed by atoms with Crippen LogP contribution in [0.2, 0.25) is 0 Å². The molecule has 0 saturated carbocycles. The predicted octanol–water partition coefficient (Wildman–Crippen LogP) is 0.537. The Labute approximate surface area is 152 Å². The molecule has 0 radical (unpaired) electrons. The molecule has 0 aliphatic carbocycles. The van der Waals surface area contributed by atoms with E-state index in [4.69, 9.17) is 0 Å². The quantitative estimate of drug-likeness (QED) is 0.827. The van der Waals surface area contributed by atoms with E-state index in [9.17, 15) is 14.0 Å². The first-order chi connectivity index (χ1) is 12.1. The van der Waals surface area contributed by atoms with E-state index >= 15 is 0 Å². The monoisotopic (exact) mass is 366 g/mol. The van der Waals surface area contributed by atoms with Crippen LogP contribution < -0.4 is 4.90 Å². The van der Waals surface area contributed by atoms with Crippen LogP contribution in [0.25, 0.3) is 0 Å². The molecule has 2 heterocycles. The number of hydrogen-bond acceptors (Lipinski definition) is 3. The van der Waals surface area contributed by atoms with E-state index < -0.39 is 0 Å². The van der Waals surface area contributed by atoms with Gasteiger partial charge in [-0.25, -0.2) is 4.39 Å². The molecule has 2 aliphatic rings. The van der Waals surface area contributed by atoms with E-state index in [1.54, 1.807) is 17.8 Å². The van der Waals surface area contributed by atoms with Gasteiger partial charge in [0, 0.05) is 6.42 Å². The highest BCUT2D eigenvalue weighted by atomic mass is 32.2. The number of rotatable bonds is 5. The molecule has 2 fully saturated rings. The number of thioether (sulfide) groups is 1. The standard InChI is InChI=1S/C18H24FN3O2S/c1-2-16(23)21-9-6-20(7-10-21)8-11-22-17(24)13-25-18(22)14-4-3-5-15(19)12-14/h3-5,12,18H,2,6-11,13H2,1H3/p+1/t18-/m1/s1. The minimum absolute atomic E-state index is 0.0921. The molecule has 5 nitrogen and oxygen atoms in total. The predicted molar refractivity (Wildman–Crippen MR) is 95.7 cm³/mol. The average molecular weight is 366 g/mol. The van der Waals surface area contributed by atoms with Crippen LogP contribution >= 0.6 is 11.8 Å². The van der Waals surface area contributed by atoms with Crippen molar-refractivity contribution in [3.63, 3.8) is 0 Å². The summed E-state index contributed by atoms with van der Waals surface area (Å²) in [5, 5.41) is -0.0921. The summed E-state index contributed by atoms with van der Waals surface area (Å²) >= 11 is 1.56. The third kappa shape index (κ3) is 4.33. The maximum atomic E-state index is 13.5. The maximum absolute atomic E-state index is 13.5. The van der Waals surface area contributed by atoms with Crippen molar-refractivity contribution in [2.75, 3.05) is 45.0 Å². The first-order valence-electron chi connectivity index (χ1n) is 8.86. The lowest BCUT2D eigenvalue weighted by Crippen LogP contribution is -3.15. The zero-order chi connectivity index (χ0) is 17.8. The number of hydrogen-bond donors (Lipinski definition) is 1. The molecule has 2 aliphatic heterocycles. The molecular formula is C18H25FN3O2S+. The fraction of sp³-hybridized carbons (Fsp3) is 0.556. The van der Waals surface area contributed by atoms with Gasteiger partial charge in [0.05, 0.1) is 45.0 Å². The summed E-state index contributed by atoms with van der Waals surface area (Å²) in [7, 11) is 0. The van der Waals surface area contributed by atoms with Crippen LogP contribution in [0.5, 0.6) is 0 Å². The third-order valence-corrected chi connectivity index (χ3v) is 6.19. The molecule has 1 N–H and O–H groups in total. The van der Waals surface area contributed by atoms with Crippen LogP contribution in [-0.2, 0) is 9.59 Å². The van der Waals surface area contributed by atoms with Crippen molar-refractivity contribution in [2.24, 2.45) is 0 Å². The van der Waals surface area contributed by atoms with Crippen molar-refractivity contribution in [1.29, 1.82) is 0 Å². The second-order valence-electron chi connectivity index (χ2n) is 6.54. The van der Waals surface area contributed by atoms with E-state index in [-0.39, 0.29) is 23.0 Å². The Morgan fingerprint density at radius 2 is 2.12 bits per heavy atom. The summed E-state index contributed by atoms with van der Waals surface area (Å²) in [5.74, 6) is 0.532. The lowest BCUT2D eigenvalue weighted by Gasteiger charge is -2.33. The molecule has 2 saturated heterocycles. The van der Waals surface area contributed by atoms with E-state index in [1.165, 1.54) is 17.0 Å². The molecule has 0 unspecified atom stereocenters. The number of amides is 2. The zero-order valence-electron chi connectivity index (χ0n) is 14.5. The van der Waals surface area contributed by atoms with Crippen molar-refractivity contribution in [3.8, 4) is 0 Å². The summed E-state index contributed by atoms with van der Waals surface area (Å²) in [5.41, 5.74) is 0.851. The lowest BCUT2D eigenvalue weighted by molar-refractivity contribution is -0.903. The van der Waals surface area contributed by atoms with Crippen LogP contribution in [0.1, 0.15) is 24.3 Å². The van der Waals surface area contributed by atoms with Crippen LogP contribution in [-0.4, -0.2) is 66.6 Å². The molecule has 0 bridgehead atoms. The minimum atomic E-state index is -0.264. The zero-order valence-corrected chi connectivity index (χ0v) is 15.4. The minimum Gasteiger partial charge on any atom is -0.331 e. The molecule has 136 valence electrons. The first-order valence-corrected chi connectivity index (χ1v) is 9.91.